The van der Waals surface area contributed by atoms with Crippen molar-refractivity contribution in [3.05, 3.63) is 35.6 Å². The van der Waals surface area contributed by atoms with Gasteiger partial charge in [0.05, 0.1) is 12.6 Å². The molecule has 5 nitrogen and oxygen atoms in total. The number of likely N-dealkylation sites (tertiary alicyclic amines) is 1. The first kappa shape index (κ1) is 18.3. The number of aliphatic hydroxyl groups excluding tert-OH is 1. The molecule has 0 bridgehead atoms. The molecule has 1 unspecified atom stereocenters. The Hall–Kier alpha value is -1.50. The van der Waals surface area contributed by atoms with Crippen LogP contribution in [0.5, 0.6) is 0 Å². The maximum absolute atomic E-state index is 13.7. The third-order valence-electron chi connectivity index (χ3n) is 5.45. The molecule has 1 aromatic rings. The fraction of sp³-hybridized carbons (Fsp3) is 0.632. The van der Waals surface area contributed by atoms with E-state index in [1.54, 1.807) is 30.1 Å². The number of carbonyl (C=O) groups excluding carboxylic acids is 1. The lowest BCUT2D eigenvalue weighted by Crippen LogP contribution is -2.49. The molecule has 1 amide bonds. The average Bonchev–Trinajstić information content (AvgIpc) is 3.23. The van der Waals surface area contributed by atoms with Crippen LogP contribution in [0.1, 0.15) is 31.2 Å². The SMILES string of the molecule is CN(Cc1ccccc1F)C(=O)CN[C@@H]1CCC[C@@H]1N1CCC(O)C1. The molecule has 0 spiro atoms. The maximum Gasteiger partial charge on any atom is 0.236 e. The van der Waals surface area contributed by atoms with E-state index in [2.05, 4.69) is 10.2 Å². The second kappa shape index (κ2) is 8.25. The number of nitrogens with zero attached hydrogens (tertiary/aromatic N) is 2. The van der Waals surface area contributed by atoms with Crippen molar-refractivity contribution in [3.8, 4) is 0 Å². The van der Waals surface area contributed by atoms with E-state index in [9.17, 15) is 14.3 Å². The Labute approximate surface area is 148 Å². The number of nitrogens with one attached hydrogen (secondary N) is 1. The highest BCUT2D eigenvalue weighted by Gasteiger charge is 2.35. The zero-order valence-corrected chi connectivity index (χ0v) is 14.8. The van der Waals surface area contributed by atoms with E-state index in [1.807, 2.05) is 0 Å². The van der Waals surface area contributed by atoms with Crippen LogP contribution in [-0.4, -0.2) is 65.7 Å². The molecule has 0 radical (unpaired) electrons. The van der Waals surface area contributed by atoms with Gasteiger partial charge in [0.15, 0.2) is 0 Å². The number of hydrogen-bond acceptors (Lipinski definition) is 4. The van der Waals surface area contributed by atoms with Crippen LogP contribution in [0.15, 0.2) is 24.3 Å². The van der Waals surface area contributed by atoms with Gasteiger partial charge in [0, 0.05) is 44.3 Å². The third kappa shape index (κ3) is 4.57. The Bertz CT molecular complexity index is 598. The molecule has 0 aromatic heterocycles. The van der Waals surface area contributed by atoms with Crippen LogP contribution in [0, 0.1) is 5.82 Å². The second-order valence-electron chi connectivity index (χ2n) is 7.26. The molecule has 6 heteroatoms. The first-order valence-electron chi connectivity index (χ1n) is 9.17. The maximum atomic E-state index is 13.7. The molecule has 1 aliphatic heterocycles. The van der Waals surface area contributed by atoms with Crippen LogP contribution in [0.3, 0.4) is 0 Å². The summed E-state index contributed by atoms with van der Waals surface area (Å²) >= 11 is 0. The Kier molecular flexibility index (Phi) is 6.04. The van der Waals surface area contributed by atoms with Crippen LogP contribution in [0.2, 0.25) is 0 Å². The number of hydrogen-bond donors (Lipinski definition) is 2. The molecule has 2 aliphatic rings. The summed E-state index contributed by atoms with van der Waals surface area (Å²) in [5.41, 5.74) is 0.531. The van der Waals surface area contributed by atoms with Crippen LogP contribution in [0.25, 0.3) is 0 Å². The lowest BCUT2D eigenvalue weighted by atomic mass is 10.1. The topological polar surface area (TPSA) is 55.8 Å². The number of aliphatic hydroxyl groups is 1. The largest absolute Gasteiger partial charge is 0.392 e. The second-order valence-corrected chi connectivity index (χ2v) is 7.26. The quantitative estimate of drug-likeness (QED) is 0.814. The molecular weight excluding hydrogens is 321 g/mol. The minimum Gasteiger partial charge on any atom is -0.392 e. The van der Waals surface area contributed by atoms with Gasteiger partial charge in [-0.3, -0.25) is 9.69 Å². The van der Waals surface area contributed by atoms with Crippen molar-refractivity contribution < 1.29 is 14.3 Å². The van der Waals surface area contributed by atoms with Crippen LogP contribution >= 0.6 is 0 Å². The molecule has 25 heavy (non-hydrogen) atoms. The number of β-amino-alcohol motifs (C(OH)–C–C–N with tert-alkyl or cyclic N) is 1. The smallest absolute Gasteiger partial charge is 0.236 e. The van der Waals surface area contributed by atoms with E-state index < -0.39 is 0 Å². The van der Waals surface area contributed by atoms with Gasteiger partial charge in [-0.15, -0.1) is 0 Å². The van der Waals surface area contributed by atoms with Crippen LogP contribution in [0.4, 0.5) is 4.39 Å². The lowest BCUT2D eigenvalue weighted by molar-refractivity contribution is -0.129. The summed E-state index contributed by atoms with van der Waals surface area (Å²) in [6, 6.07) is 7.25. The highest BCUT2D eigenvalue weighted by atomic mass is 19.1. The summed E-state index contributed by atoms with van der Waals surface area (Å²) in [5.74, 6) is -0.311. The summed E-state index contributed by atoms with van der Waals surface area (Å²) in [5, 5.41) is 13.1. The molecule has 1 saturated carbocycles. The van der Waals surface area contributed by atoms with Gasteiger partial charge in [-0.1, -0.05) is 24.6 Å². The van der Waals surface area contributed by atoms with E-state index in [0.29, 0.717) is 11.6 Å². The predicted octanol–water partition coefficient (Wildman–Crippen LogP) is 1.36. The van der Waals surface area contributed by atoms with Gasteiger partial charge in [-0.05, 0) is 25.3 Å². The number of halogens is 1. The van der Waals surface area contributed by atoms with Gasteiger partial charge in [0.2, 0.25) is 5.91 Å². The van der Waals surface area contributed by atoms with E-state index in [4.69, 9.17) is 0 Å². The van der Waals surface area contributed by atoms with Crippen molar-refractivity contribution in [1.82, 2.24) is 15.1 Å². The zero-order valence-electron chi connectivity index (χ0n) is 14.8. The summed E-state index contributed by atoms with van der Waals surface area (Å²) in [7, 11) is 1.71. The van der Waals surface area contributed by atoms with E-state index >= 15 is 0 Å². The van der Waals surface area contributed by atoms with Gasteiger partial charge in [-0.2, -0.15) is 0 Å². The van der Waals surface area contributed by atoms with E-state index in [1.165, 1.54) is 6.07 Å². The number of benzene rings is 1. The summed E-state index contributed by atoms with van der Waals surface area (Å²) in [6.45, 7) is 2.22. The van der Waals surface area contributed by atoms with Gasteiger partial charge < -0.3 is 15.3 Å². The van der Waals surface area contributed by atoms with E-state index in [0.717, 1.165) is 38.8 Å². The first-order chi connectivity index (χ1) is 12.0. The highest BCUT2D eigenvalue weighted by Crippen LogP contribution is 2.27. The molecule has 1 heterocycles. The monoisotopic (exact) mass is 349 g/mol. The average molecular weight is 349 g/mol. The predicted molar refractivity (Wildman–Crippen MR) is 94.5 cm³/mol. The molecule has 3 atom stereocenters. The third-order valence-corrected chi connectivity index (χ3v) is 5.45. The normalized spacial score (nSPS) is 26.9. The molecule has 2 N–H and O–H groups in total. The molecule has 2 fully saturated rings. The Morgan fingerprint density at radius 3 is 2.88 bits per heavy atom. The van der Waals surface area contributed by atoms with Gasteiger partial charge >= 0.3 is 0 Å². The fourth-order valence-corrected chi connectivity index (χ4v) is 4.01. The van der Waals surface area contributed by atoms with Crippen LogP contribution in [-0.2, 0) is 11.3 Å². The molecule has 1 aliphatic carbocycles. The fourth-order valence-electron chi connectivity index (χ4n) is 4.01. The summed E-state index contributed by atoms with van der Waals surface area (Å²) in [4.78, 5) is 16.3. The number of rotatable bonds is 6. The molecule has 1 saturated heterocycles. The Balaban J connectivity index is 1.48. The molecule has 1 aromatic carbocycles. The minimum absolute atomic E-state index is 0.0321. The van der Waals surface area contributed by atoms with Gasteiger partial charge in [0.1, 0.15) is 5.82 Å². The van der Waals surface area contributed by atoms with Crippen molar-refractivity contribution in [2.45, 2.75) is 50.4 Å². The summed E-state index contributed by atoms with van der Waals surface area (Å²) < 4.78 is 13.7. The lowest BCUT2D eigenvalue weighted by Gasteiger charge is -2.30. The summed E-state index contributed by atoms with van der Waals surface area (Å²) in [6.07, 6.45) is 3.95. The number of carbonyl (C=O) groups is 1. The Morgan fingerprint density at radius 1 is 1.36 bits per heavy atom. The standard InChI is InChI=1S/C19H28FN3O2/c1-22(12-14-5-2-3-6-16(14)20)19(25)11-21-17-7-4-8-18(17)23-10-9-15(24)13-23/h2-3,5-6,15,17-18,21,24H,4,7-13H2,1H3/t15?,17-,18+/m1/s1. The van der Waals surface area contributed by atoms with Crippen molar-refractivity contribution in [2.24, 2.45) is 0 Å². The molecule has 3 rings (SSSR count). The molecular formula is C19H28FN3O2. The van der Waals surface area contributed by atoms with Gasteiger partial charge in [-0.25, -0.2) is 4.39 Å². The van der Waals surface area contributed by atoms with Crippen molar-refractivity contribution in [2.75, 3.05) is 26.7 Å². The van der Waals surface area contributed by atoms with E-state index in [-0.39, 0.29) is 37.0 Å². The minimum atomic E-state index is -0.279. The van der Waals surface area contributed by atoms with Crippen molar-refractivity contribution >= 4 is 5.91 Å². The van der Waals surface area contributed by atoms with Crippen molar-refractivity contribution in [3.63, 3.8) is 0 Å². The van der Waals surface area contributed by atoms with Crippen molar-refractivity contribution in [1.29, 1.82) is 0 Å². The van der Waals surface area contributed by atoms with Gasteiger partial charge in [0.25, 0.3) is 0 Å². The highest BCUT2D eigenvalue weighted by molar-refractivity contribution is 5.78. The first-order valence-corrected chi connectivity index (χ1v) is 9.17. The number of amides is 1. The Morgan fingerprint density at radius 2 is 2.16 bits per heavy atom. The van der Waals surface area contributed by atoms with Crippen LogP contribution < -0.4 is 5.32 Å². The molecule has 138 valence electrons. The number of likely N-dealkylation sites (N-methyl/N-ethyl adjacent to an activating group) is 1. The zero-order chi connectivity index (χ0) is 17.8.